The van der Waals surface area contributed by atoms with Gasteiger partial charge in [-0.15, -0.1) is 11.3 Å². The van der Waals surface area contributed by atoms with Gasteiger partial charge < -0.3 is 24.3 Å². The molecule has 1 fully saturated rings. The number of benzene rings is 1. The number of nitrogens with one attached hydrogen (secondary N) is 1. The maximum Gasteiger partial charge on any atom is 0.271 e. The van der Waals surface area contributed by atoms with Gasteiger partial charge in [-0.05, 0) is 55.3 Å². The third kappa shape index (κ3) is 3.97. The van der Waals surface area contributed by atoms with Crippen LogP contribution in [-0.2, 0) is 17.9 Å². The molecule has 5 rings (SSSR count). The van der Waals surface area contributed by atoms with Crippen LogP contribution >= 0.6 is 11.3 Å². The van der Waals surface area contributed by atoms with Gasteiger partial charge in [-0.2, -0.15) is 0 Å². The van der Waals surface area contributed by atoms with Crippen molar-refractivity contribution in [1.29, 1.82) is 0 Å². The van der Waals surface area contributed by atoms with Crippen molar-refractivity contribution in [3.63, 3.8) is 0 Å². The van der Waals surface area contributed by atoms with E-state index in [0.717, 1.165) is 35.0 Å². The Morgan fingerprint density at radius 2 is 1.91 bits per heavy atom. The van der Waals surface area contributed by atoms with Crippen LogP contribution in [0.15, 0.2) is 35.7 Å². The Morgan fingerprint density at radius 1 is 1.17 bits per heavy atom. The summed E-state index contributed by atoms with van der Waals surface area (Å²) in [5, 5.41) is 6.13. The first kappa shape index (κ1) is 23.7. The maximum atomic E-state index is 14.0. The van der Waals surface area contributed by atoms with Crippen molar-refractivity contribution in [2.24, 2.45) is 5.92 Å². The van der Waals surface area contributed by atoms with Gasteiger partial charge in [0.2, 0.25) is 5.91 Å². The number of carbonyl (C=O) groups is 2. The van der Waals surface area contributed by atoms with E-state index in [2.05, 4.69) is 12.2 Å². The molecule has 8 heteroatoms. The third-order valence-electron chi connectivity index (χ3n) is 7.76. The smallest absolute Gasteiger partial charge is 0.271 e. The zero-order valence-electron chi connectivity index (χ0n) is 20.8. The summed E-state index contributed by atoms with van der Waals surface area (Å²) in [4.78, 5) is 30.8. The van der Waals surface area contributed by atoms with Crippen molar-refractivity contribution in [3.05, 3.63) is 46.3 Å². The maximum absolute atomic E-state index is 14.0. The summed E-state index contributed by atoms with van der Waals surface area (Å²) in [6, 6.07) is 9.67. The van der Waals surface area contributed by atoms with E-state index in [-0.39, 0.29) is 17.9 Å². The first-order valence-corrected chi connectivity index (χ1v) is 13.1. The van der Waals surface area contributed by atoms with Crippen LogP contribution in [0.2, 0.25) is 0 Å². The Balaban J connectivity index is 1.61. The normalized spacial score (nSPS) is 24.3. The van der Waals surface area contributed by atoms with E-state index < -0.39 is 5.54 Å². The predicted molar refractivity (Wildman–Crippen MR) is 137 cm³/mol. The number of hydrogen-bond donors (Lipinski definition) is 1. The first-order valence-electron chi connectivity index (χ1n) is 12.3. The fourth-order valence-electron chi connectivity index (χ4n) is 5.62. The van der Waals surface area contributed by atoms with Gasteiger partial charge in [0.05, 0.1) is 32.8 Å². The fourth-order valence-corrected chi connectivity index (χ4v) is 6.31. The van der Waals surface area contributed by atoms with Crippen LogP contribution in [0.25, 0.3) is 10.9 Å². The van der Waals surface area contributed by atoms with Crippen LogP contribution in [0.5, 0.6) is 11.5 Å². The minimum atomic E-state index is -1.06. The highest BCUT2D eigenvalue weighted by molar-refractivity contribution is 7.09. The molecule has 1 aliphatic carbocycles. The van der Waals surface area contributed by atoms with Crippen LogP contribution in [0.4, 0.5) is 0 Å². The summed E-state index contributed by atoms with van der Waals surface area (Å²) in [5.74, 6) is 1.47. The zero-order chi connectivity index (χ0) is 24.7. The monoisotopic (exact) mass is 495 g/mol. The van der Waals surface area contributed by atoms with Gasteiger partial charge >= 0.3 is 0 Å². The molecule has 0 spiro atoms. The molecule has 1 aliphatic heterocycles. The van der Waals surface area contributed by atoms with E-state index in [9.17, 15) is 9.59 Å². The molecule has 3 atom stereocenters. The highest BCUT2D eigenvalue weighted by atomic mass is 32.1. The number of thiophene rings is 1. The average Bonchev–Trinajstić information content (AvgIpc) is 3.51. The summed E-state index contributed by atoms with van der Waals surface area (Å²) >= 11 is 1.59. The molecule has 1 saturated carbocycles. The van der Waals surface area contributed by atoms with Gasteiger partial charge in [-0.25, -0.2) is 0 Å². The summed E-state index contributed by atoms with van der Waals surface area (Å²) in [6.45, 7) is 4.81. The third-order valence-corrected chi connectivity index (χ3v) is 8.62. The number of hydrogen-bond acceptors (Lipinski definition) is 5. The Hall–Kier alpha value is -3.00. The molecule has 0 saturated heterocycles. The Labute approximate surface area is 210 Å². The predicted octanol–water partition coefficient (Wildman–Crippen LogP) is 4.83. The lowest BCUT2D eigenvalue weighted by molar-refractivity contribution is -0.134. The van der Waals surface area contributed by atoms with Gasteiger partial charge in [0.1, 0.15) is 22.7 Å². The van der Waals surface area contributed by atoms with Crippen molar-refractivity contribution in [2.75, 3.05) is 14.2 Å². The number of aromatic nitrogens is 1. The topological polar surface area (TPSA) is 72.8 Å². The number of fused-ring (bicyclic) bond motifs is 3. The minimum Gasteiger partial charge on any atom is -0.496 e. The molecule has 2 amide bonds. The second-order valence-corrected chi connectivity index (χ2v) is 11.0. The van der Waals surface area contributed by atoms with Crippen molar-refractivity contribution in [3.8, 4) is 11.5 Å². The summed E-state index contributed by atoms with van der Waals surface area (Å²) in [6.07, 6.45) is 4.41. The molecule has 3 aromatic rings. The molecule has 3 heterocycles. The SMILES string of the molecule is COc1ccc(OC)c2c1cc1n2C[C@](C)(C(=O)N[C@H]2CCCC[C@@H]2C)N(Cc2cccs2)C1=O. The van der Waals surface area contributed by atoms with Crippen LogP contribution in [0.1, 0.15) is 54.9 Å². The Morgan fingerprint density at radius 3 is 2.60 bits per heavy atom. The molecule has 1 N–H and O–H groups in total. The number of amides is 2. The number of methoxy groups -OCH3 is 2. The van der Waals surface area contributed by atoms with Crippen molar-refractivity contribution in [2.45, 2.75) is 64.2 Å². The van der Waals surface area contributed by atoms with E-state index in [1.165, 1.54) is 6.42 Å². The number of rotatable bonds is 6. The Kier molecular flexibility index (Phi) is 6.25. The van der Waals surface area contributed by atoms with Crippen LogP contribution < -0.4 is 14.8 Å². The molecule has 7 nitrogen and oxygen atoms in total. The second kappa shape index (κ2) is 9.22. The number of ether oxygens (including phenoxy) is 2. The number of nitrogens with zero attached hydrogens (tertiary/aromatic N) is 2. The molecule has 186 valence electrons. The van der Waals surface area contributed by atoms with E-state index in [1.54, 1.807) is 30.5 Å². The highest BCUT2D eigenvalue weighted by Crippen LogP contribution is 2.41. The van der Waals surface area contributed by atoms with Gasteiger partial charge in [-0.3, -0.25) is 9.59 Å². The Bertz CT molecular complexity index is 1250. The standard InChI is InChI=1S/C27H33N3O4S/c1-17-8-5-6-10-20(17)28-26(32)27(2)16-29-21(25(31)30(27)15-18-9-7-13-35-18)14-19-22(33-3)11-12-23(34-4)24(19)29/h7,9,11-14,17,20H,5-6,8,10,15-16H2,1-4H3,(H,28,32)/t17-,20-,27+/m0/s1. The van der Waals surface area contributed by atoms with Crippen LogP contribution in [-0.4, -0.2) is 47.1 Å². The van der Waals surface area contributed by atoms with Crippen LogP contribution in [0, 0.1) is 5.92 Å². The summed E-state index contributed by atoms with van der Waals surface area (Å²) in [7, 11) is 3.23. The molecule has 0 unspecified atom stereocenters. The van der Waals surface area contributed by atoms with E-state index in [0.29, 0.717) is 36.2 Å². The molecular weight excluding hydrogens is 462 g/mol. The van der Waals surface area contributed by atoms with Gasteiger partial charge in [0, 0.05) is 16.3 Å². The summed E-state index contributed by atoms with van der Waals surface area (Å²) in [5.41, 5.74) is 0.248. The molecule has 0 bridgehead atoms. The first-order chi connectivity index (χ1) is 16.9. The van der Waals surface area contributed by atoms with Gasteiger partial charge in [0.15, 0.2) is 0 Å². The van der Waals surface area contributed by atoms with Crippen molar-refractivity contribution in [1.82, 2.24) is 14.8 Å². The largest absolute Gasteiger partial charge is 0.496 e. The minimum absolute atomic E-state index is 0.101. The fraction of sp³-hybridized carbons (Fsp3) is 0.481. The molecule has 2 aromatic heterocycles. The molecule has 2 aliphatic rings. The molecule has 35 heavy (non-hydrogen) atoms. The molecular formula is C27H33N3O4S. The van der Waals surface area contributed by atoms with Crippen LogP contribution in [0.3, 0.4) is 0 Å². The summed E-state index contributed by atoms with van der Waals surface area (Å²) < 4.78 is 13.2. The lowest BCUT2D eigenvalue weighted by Crippen LogP contribution is -2.65. The highest BCUT2D eigenvalue weighted by Gasteiger charge is 2.49. The van der Waals surface area contributed by atoms with Gasteiger partial charge in [0.25, 0.3) is 5.91 Å². The lowest BCUT2D eigenvalue weighted by Gasteiger charge is -2.45. The zero-order valence-corrected chi connectivity index (χ0v) is 21.6. The van der Waals surface area contributed by atoms with E-state index in [4.69, 9.17) is 9.47 Å². The molecule has 0 radical (unpaired) electrons. The molecule has 1 aromatic carbocycles. The van der Waals surface area contributed by atoms with E-state index in [1.807, 2.05) is 47.2 Å². The quantitative estimate of drug-likeness (QED) is 0.532. The lowest BCUT2D eigenvalue weighted by atomic mass is 9.85. The number of carbonyl (C=O) groups excluding carboxylic acids is 2. The van der Waals surface area contributed by atoms with E-state index >= 15 is 0 Å². The van der Waals surface area contributed by atoms with Gasteiger partial charge in [-0.1, -0.05) is 25.8 Å². The second-order valence-electron chi connectivity index (χ2n) is 9.93. The van der Waals surface area contributed by atoms with Crippen molar-refractivity contribution < 1.29 is 19.1 Å². The van der Waals surface area contributed by atoms with Crippen molar-refractivity contribution >= 4 is 34.1 Å². The average molecular weight is 496 g/mol.